The molecule has 0 aliphatic carbocycles. The molecule has 3 nitrogen and oxygen atoms in total. The Morgan fingerprint density at radius 3 is 2.75 bits per heavy atom. The molecule has 0 radical (unpaired) electrons. The summed E-state index contributed by atoms with van der Waals surface area (Å²) in [6.45, 7) is 0.551. The largest absolute Gasteiger partial charge is 0.447 e. The van der Waals surface area contributed by atoms with Gasteiger partial charge in [-0.3, -0.25) is 0 Å². The quantitative estimate of drug-likeness (QED) is 0.628. The number of hydrogen-bond acceptors (Lipinski definition) is 3. The van der Waals surface area contributed by atoms with Gasteiger partial charge in [-0.1, -0.05) is 30.3 Å². The van der Waals surface area contributed by atoms with E-state index < -0.39 is 5.97 Å². The van der Waals surface area contributed by atoms with E-state index in [0.717, 1.165) is 18.4 Å². The molecule has 86 valence electrons. The van der Waals surface area contributed by atoms with Crippen molar-refractivity contribution in [2.24, 2.45) is 0 Å². The second-order valence-electron chi connectivity index (χ2n) is 3.85. The van der Waals surface area contributed by atoms with E-state index >= 15 is 0 Å². The first-order chi connectivity index (χ1) is 7.79. The Hall–Kier alpha value is -1.32. The van der Waals surface area contributed by atoms with Crippen molar-refractivity contribution in [2.75, 3.05) is 6.61 Å². The average Bonchev–Trinajstić information content (AvgIpc) is 2.31. The molecule has 2 rings (SSSR count). The summed E-state index contributed by atoms with van der Waals surface area (Å²) in [7, 11) is 0. The predicted octanol–water partition coefficient (Wildman–Crippen LogP) is 2.52. The normalized spacial score (nSPS) is 25.8. The van der Waals surface area contributed by atoms with Crippen molar-refractivity contribution in [3.8, 4) is 0 Å². The van der Waals surface area contributed by atoms with E-state index in [2.05, 4.69) is 0 Å². The van der Waals surface area contributed by atoms with Crippen LogP contribution < -0.4 is 0 Å². The third-order valence-electron chi connectivity index (χ3n) is 2.53. The monoisotopic (exact) mass is 220 g/mol. The van der Waals surface area contributed by atoms with Gasteiger partial charge in [0.2, 0.25) is 0 Å². The Bertz CT molecular complexity index is 339. The minimum atomic E-state index is -1.43. The van der Waals surface area contributed by atoms with Gasteiger partial charge in [-0.05, 0) is 24.5 Å². The second kappa shape index (κ2) is 5.14. The molecule has 0 spiro atoms. The van der Waals surface area contributed by atoms with Crippen LogP contribution in [0.1, 0.15) is 24.8 Å². The summed E-state index contributed by atoms with van der Waals surface area (Å²) in [5, 5.41) is 9.85. The van der Waals surface area contributed by atoms with Crippen LogP contribution in [-0.4, -0.2) is 17.7 Å². The fourth-order valence-electron chi connectivity index (χ4n) is 1.63. The molecule has 1 heterocycles. The maximum atomic E-state index is 9.85. The molecule has 1 aliphatic heterocycles. The summed E-state index contributed by atoms with van der Waals surface area (Å²) in [5.41, 5.74) is 1.03. The minimum Gasteiger partial charge on any atom is -0.447 e. The van der Waals surface area contributed by atoms with Crippen LogP contribution in [0.3, 0.4) is 0 Å². The molecule has 1 aliphatic rings. The van der Waals surface area contributed by atoms with Crippen molar-refractivity contribution in [3.63, 3.8) is 0 Å². The van der Waals surface area contributed by atoms with Crippen molar-refractivity contribution in [1.29, 1.82) is 0 Å². The molecule has 0 bridgehead atoms. The number of ether oxygens (including phenoxy) is 2. The lowest BCUT2D eigenvalue weighted by Crippen LogP contribution is -2.37. The highest BCUT2D eigenvalue weighted by atomic mass is 16.8. The molecule has 0 aromatic heterocycles. The third-order valence-corrected chi connectivity index (χ3v) is 2.53. The van der Waals surface area contributed by atoms with Crippen LogP contribution in [0.2, 0.25) is 0 Å². The zero-order valence-electron chi connectivity index (χ0n) is 9.13. The third kappa shape index (κ3) is 3.08. The second-order valence-corrected chi connectivity index (χ2v) is 3.85. The van der Waals surface area contributed by atoms with Crippen molar-refractivity contribution in [1.82, 2.24) is 0 Å². The van der Waals surface area contributed by atoms with Crippen molar-refractivity contribution in [2.45, 2.75) is 25.2 Å². The van der Waals surface area contributed by atoms with Crippen molar-refractivity contribution in [3.05, 3.63) is 42.2 Å². The standard InChI is InChI=1S/C13H16O3/c14-13(9-4-5-10-15-13)16-11-8-12-6-2-1-3-7-12/h1-3,6-8,11,14H,4-5,9-10H2. The van der Waals surface area contributed by atoms with Crippen LogP contribution in [0.15, 0.2) is 36.6 Å². The maximum Gasteiger partial charge on any atom is 0.323 e. The molecule has 1 unspecified atom stereocenters. The number of aliphatic hydroxyl groups is 1. The van der Waals surface area contributed by atoms with Crippen LogP contribution in [0.5, 0.6) is 0 Å². The van der Waals surface area contributed by atoms with Crippen molar-refractivity contribution >= 4 is 6.08 Å². The zero-order valence-corrected chi connectivity index (χ0v) is 9.13. The zero-order chi connectivity index (χ0) is 11.3. The van der Waals surface area contributed by atoms with Crippen LogP contribution in [0.4, 0.5) is 0 Å². The van der Waals surface area contributed by atoms with E-state index in [1.807, 2.05) is 30.3 Å². The summed E-state index contributed by atoms with van der Waals surface area (Å²) < 4.78 is 10.4. The Morgan fingerprint density at radius 1 is 1.25 bits per heavy atom. The SMILES string of the molecule is OC1(OC=Cc2ccccc2)CCCCO1. The molecule has 3 heteroatoms. The van der Waals surface area contributed by atoms with Crippen molar-refractivity contribution < 1.29 is 14.6 Å². The van der Waals surface area contributed by atoms with Gasteiger partial charge < -0.3 is 14.6 Å². The molecule has 1 aromatic carbocycles. The van der Waals surface area contributed by atoms with E-state index in [9.17, 15) is 5.11 Å². The lowest BCUT2D eigenvalue weighted by Gasteiger charge is -2.30. The molecule has 16 heavy (non-hydrogen) atoms. The number of hydrogen-bond donors (Lipinski definition) is 1. The van der Waals surface area contributed by atoms with Gasteiger partial charge in [0.05, 0.1) is 12.9 Å². The fourth-order valence-corrected chi connectivity index (χ4v) is 1.63. The molecule has 1 N–H and O–H groups in total. The van der Waals surface area contributed by atoms with E-state index in [-0.39, 0.29) is 0 Å². The summed E-state index contributed by atoms with van der Waals surface area (Å²) >= 11 is 0. The first kappa shape index (κ1) is 11.2. The van der Waals surface area contributed by atoms with Gasteiger partial charge in [0, 0.05) is 6.42 Å². The van der Waals surface area contributed by atoms with Gasteiger partial charge in [0.15, 0.2) is 0 Å². The highest BCUT2D eigenvalue weighted by Crippen LogP contribution is 2.23. The molecular weight excluding hydrogens is 204 g/mol. The minimum absolute atomic E-state index is 0.520. The van der Waals surface area contributed by atoms with Gasteiger partial charge in [-0.15, -0.1) is 0 Å². The summed E-state index contributed by atoms with van der Waals surface area (Å²) in [6, 6.07) is 9.78. The van der Waals surface area contributed by atoms with E-state index in [1.54, 1.807) is 6.08 Å². The van der Waals surface area contributed by atoms with E-state index in [4.69, 9.17) is 9.47 Å². The van der Waals surface area contributed by atoms with Crippen LogP contribution in [-0.2, 0) is 9.47 Å². The Balaban J connectivity index is 1.89. The highest BCUT2D eigenvalue weighted by Gasteiger charge is 2.31. The lowest BCUT2D eigenvalue weighted by molar-refractivity contribution is -0.353. The predicted molar refractivity (Wildman–Crippen MR) is 61.3 cm³/mol. The van der Waals surface area contributed by atoms with Crippen LogP contribution in [0.25, 0.3) is 6.08 Å². The average molecular weight is 220 g/mol. The molecular formula is C13H16O3. The Labute approximate surface area is 95.3 Å². The lowest BCUT2D eigenvalue weighted by atomic mass is 10.2. The molecule has 1 fully saturated rings. The smallest absolute Gasteiger partial charge is 0.323 e. The number of benzene rings is 1. The van der Waals surface area contributed by atoms with E-state index in [0.29, 0.717) is 13.0 Å². The van der Waals surface area contributed by atoms with Gasteiger partial charge in [-0.2, -0.15) is 0 Å². The van der Waals surface area contributed by atoms with Crippen LogP contribution >= 0.6 is 0 Å². The van der Waals surface area contributed by atoms with E-state index in [1.165, 1.54) is 6.26 Å². The Kier molecular flexibility index (Phi) is 3.59. The first-order valence-electron chi connectivity index (χ1n) is 5.54. The molecule has 0 saturated carbocycles. The summed E-state index contributed by atoms with van der Waals surface area (Å²) in [5.74, 6) is -1.43. The molecule has 1 aromatic rings. The van der Waals surface area contributed by atoms with Gasteiger partial charge in [-0.25, -0.2) is 0 Å². The number of rotatable bonds is 3. The molecule has 1 saturated heterocycles. The maximum absolute atomic E-state index is 9.85. The van der Waals surface area contributed by atoms with Gasteiger partial charge in [0.1, 0.15) is 0 Å². The summed E-state index contributed by atoms with van der Waals surface area (Å²) in [6.07, 6.45) is 5.71. The molecule has 0 amide bonds. The highest BCUT2D eigenvalue weighted by molar-refractivity contribution is 5.47. The fraction of sp³-hybridized carbons (Fsp3) is 0.385. The first-order valence-corrected chi connectivity index (χ1v) is 5.54. The van der Waals surface area contributed by atoms with Gasteiger partial charge in [0.25, 0.3) is 0 Å². The summed E-state index contributed by atoms with van der Waals surface area (Å²) in [4.78, 5) is 0. The van der Waals surface area contributed by atoms with Gasteiger partial charge >= 0.3 is 5.97 Å². The molecule has 1 atom stereocenters. The topological polar surface area (TPSA) is 38.7 Å². The Morgan fingerprint density at radius 2 is 2.06 bits per heavy atom. The van der Waals surface area contributed by atoms with Crippen LogP contribution in [0, 0.1) is 0 Å².